The van der Waals surface area contributed by atoms with Crippen molar-refractivity contribution in [3.63, 3.8) is 0 Å². The number of benzene rings is 1. The van der Waals surface area contributed by atoms with Crippen LogP contribution in [0.4, 0.5) is 15.8 Å². The largest absolute Gasteiger partial charge is 0.478 e. The van der Waals surface area contributed by atoms with Crippen LogP contribution in [0, 0.1) is 5.82 Å². The molecule has 0 saturated heterocycles. The molecule has 4 N–H and O–H groups in total. The Morgan fingerprint density at radius 2 is 2.28 bits per heavy atom. The molecule has 0 aliphatic heterocycles. The lowest BCUT2D eigenvalue weighted by atomic mass is 10.1. The molecule has 0 aliphatic rings. The maximum Gasteiger partial charge on any atom is 0.337 e. The highest BCUT2D eigenvalue weighted by Crippen LogP contribution is 2.23. The molecular weight excluding hydrogens is 239 g/mol. The molecule has 1 atom stereocenters. The number of nitrogens with two attached hydrogens (primary N) is 1. The molecule has 0 saturated carbocycles. The Balaban J connectivity index is 2.88. The lowest BCUT2D eigenvalue weighted by Crippen LogP contribution is -2.18. The van der Waals surface area contributed by atoms with Gasteiger partial charge in [0.25, 0.3) is 0 Å². The van der Waals surface area contributed by atoms with Gasteiger partial charge in [-0.05, 0) is 25.5 Å². The zero-order valence-electron chi connectivity index (χ0n) is 10.4. The summed E-state index contributed by atoms with van der Waals surface area (Å²) in [5.41, 5.74) is 5.36. The van der Waals surface area contributed by atoms with E-state index in [0.29, 0.717) is 13.0 Å². The van der Waals surface area contributed by atoms with Crippen molar-refractivity contribution in [3.8, 4) is 0 Å². The first-order valence-electron chi connectivity index (χ1n) is 5.53. The van der Waals surface area contributed by atoms with E-state index >= 15 is 0 Å². The van der Waals surface area contributed by atoms with Crippen molar-refractivity contribution in [2.45, 2.75) is 19.4 Å². The van der Waals surface area contributed by atoms with E-state index in [0.717, 1.165) is 6.07 Å². The highest BCUT2D eigenvalue weighted by molar-refractivity contribution is 5.94. The van der Waals surface area contributed by atoms with Crippen molar-refractivity contribution >= 4 is 17.3 Å². The quantitative estimate of drug-likeness (QED) is 0.677. The van der Waals surface area contributed by atoms with Crippen LogP contribution in [-0.4, -0.2) is 30.8 Å². The lowest BCUT2D eigenvalue weighted by molar-refractivity contribution is 0.0698. The first-order chi connectivity index (χ1) is 8.45. The number of nitrogens with one attached hydrogen (secondary N) is 1. The number of carboxylic acids is 1. The Kier molecular flexibility index (Phi) is 4.91. The van der Waals surface area contributed by atoms with Crippen molar-refractivity contribution < 1.29 is 19.0 Å². The Labute approximate surface area is 105 Å². The number of carbonyl (C=O) groups is 1. The first kappa shape index (κ1) is 14.2. The van der Waals surface area contributed by atoms with Crippen LogP contribution in [0.3, 0.4) is 0 Å². The second-order valence-corrected chi connectivity index (χ2v) is 4.05. The molecule has 0 amide bonds. The molecular formula is C12H17FN2O3. The number of halogens is 1. The van der Waals surface area contributed by atoms with E-state index in [4.69, 9.17) is 15.6 Å². The highest BCUT2D eigenvalue weighted by atomic mass is 19.1. The normalized spacial score (nSPS) is 12.2. The number of carboxylic acid groups (broad SMARTS) is 1. The zero-order chi connectivity index (χ0) is 13.7. The molecule has 5 nitrogen and oxygen atoms in total. The Bertz CT molecular complexity index is 438. The maximum absolute atomic E-state index is 13.6. The second-order valence-electron chi connectivity index (χ2n) is 4.05. The molecule has 0 radical (unpaired) electrons. The summed E-state index contributed by atoms with van der Waals surface area (Å²) in [6.07, 6.45) is 0.683. The lowest BCUT2D eigenvalue weighted by Gasteiger charge is -2.16. The van der Waals surface area contributed by atoms with Gasteiger partial charge in [0.15, 0.2) is 0 Å². The SMILES string of the molecule is COCCC(C)Nc1cc(C(=O)O)c(N)cc1F. The van der Waals surface area contributed by atoms with Crippen molar-refractivity contribution in [2.24, 2.45) is 0 Å². The van der Waals surface area contributed by atoms with Crippen LogP contribution in [0.1, 0.15) is 23.7 Å². The Hall–Kier alpha value is -1.82. The summed E-state index contributed by atoms with van der Waals surface area (Å²) < 4.78 is 18.5. The van der Waals surface area contributed by atoms with E-state index in [1.165, 1.54) is 6.07 Å². The predicted molar refractivity (Wildman–Crippen MR) is 67.3 cm³/mol. The van der Waals surface area contributed by atoms with E-state index < -0.39 is 11.8 Å². The van der Waals surface area contributed by atoms with Crippen molar-refractivity contribution in [1.29, 1.82) is 0 Å². The zero-order valence-corrected chi connectivity index (χ0v) is 10.4. The van der Waals surface area contributed by atoms with Crippen LogP contribution < -0.4 is 11.1 Å². The van der Waals surface area contributed by atoms with Gasteiger partial charge in [0.1, 0.15) is 5.82 Å². The van der Waals surface area contributed by atoms with E-state index in [9.17, 15) is 9.18 Å². The summed E-state index contributed by atoms with van der Waals surface area (Å²) in [6, 6.07) is 2.18. The summed E-state index contributed by atoms with van der Waals surface area (Å²) in [5, 5.41) is 11.8. The predicted octanol–water partition coefficient (Wildman–Crippen LogP) is 1.94. The third-order valence-electron chi connectivity index (χ3n) is 2.53. The van der Waals surface area contributed by atoms with E-state index in [-0.39, 0.29) is 23.0 Å². The molecule has 1 aromatic rings. The van der Waals surface area contributed by atoms with Gasteiger partial charge in [0.05, 0.1) is 11.3 Å². The minimum absolute atomic E-state index is 0.0373. The van der Waals surface area contributed by atoms with Gasteiger partial charge in [-0.2, -0.15) is 0 Å². The van der Waals surface area contributed by atoms with Gasteiger partial charge in [-0.25, -0.2) is 9.18 Å². The minimum atomic E-state index is -1.18. The van der Waals surface area contributed by atoms with Crippen molar-refractivity contribution in [2.75, 3.05) is 24.8 Å². The number of rotatable bonds is 6. The molecule has 100 valence electrons. The van der Waals surface area contributed by atoms with Gasteiger partial charge in [-0.3, -0.25) is 0 Å². The summed E-state index contributed by atoms with van der Waals surface area (Å²) in [6.45, 7) is 2.39. The van der Waals surface area contributed by atoms with Gasteiger partial charge < -0.3 is 20.9 Å². The minimum Gasteiger partial charge on any atom is -0.478 e. The van der Waals surface area contributed by atoms with Gasteiger partial charge in [0, 0.05) is 25.4 Å². The van der Waals surface area contributed by atoms with Crippen molar-refractivity contribution in [1.82, 2.24) is 0 Å². The molecule has 1 unspecified atom stereocenters. The van der Waals surface area contributed by atoms with Gasteiger partial charge in [-0.1, -0.05) is 0 Å². The number of anilines is 2. The smallest absolute Gasteiger partial charge is 0.337 e. The molecule has 0 heterocycles. The van der Waals surface area contributed by atoms with E-state index in [1.54, 1.807) is 7.11 Å². The topological polar surface area (TPSA) is 84.6 Å². The molecule has 0 aromatic heterocycles. The van der Waals surface area contributed by atoms with Crippen LogP contribution >= 0.6 is 0 Å². The molecule has 1 aromatic carbocycles. The van der Waals surface area contributed by atoms with Gasteiger partial charge in [-0.15, -0.1) is 0 Å². The molecule has 0 aliphatic carbocycles. The fraction of sp³-hybridized carbons (Fsp3) is 0.417. The Morgan fingerprint density at radius 1 is 1.61 bits per heavy atom. The van der Waals surface area contributed by atoms with Crippen LogP contribution in [-0.2, 0) is 4.74 Å². The molecule has 1 rings (SSSR count). The van der Waals surface area contributed by atoms with Crippen LogP contribution in [0.15, 0.2) is 12.1 Å². The molecule has 0 fully saturated rings. The third-order valence-corrected chi connectivity index (χ3v) is 2.53. The third kappa shape index (κ3) is 3.59. The average molecular weight is 256 g/mol. The van der Waals surface area contributed by atoms with Gasteiger partial charge in [0.2, 0.25) is 0 Å². The Morgan fingerprint density at radius 3 is 2.83 bits per heavy atom. The van der Waals surface area contributed by atoms with Crippen LogP contribution in [0.5, 0.6) is 0 Å². The average Bonchev–Trinajstić information content (AvgIpc) is 2.29. The van der Waals surface area contributed by atoms with E-state index in [1.807, 2.05) is 6.92 Å². The van der Waals surface area contributed by atoms with Crippen LogP contribution in [0.2, 0.25) is 0 Å². The standard InChI is InChI=1S/C12H17FN2O3/c1-7(3-4-18-2)15-11-5-8(12(16)17)10(14)6-9(11)13/h5-7,15H,3-4,14H2,1-2H3,(H,16,17). The fourth-order valence-corrected chi connectivity index (χ4v) is 1.52. The fourth-order valence-electron chi connectivity index (χ4n) is 1.52. The molecule has 0 spiro atoms. The summed E-state index contributed by atoms with van der Waals surface area (Å²) >= 11 is 0. The number of methoxy groups -OCH3 is 1. The van der Waals surface area contributed by atoms with Gasteiger partial charge >= 0.3 is 5.97 Å². The molecule has 18 heavy (non-hydrogen) atoms. The maximum atomic E-state index is 13.6. The monoisotopic (exact) mass is 256 g/mol. The number of ether oxygens (including phenoxy) is 1. The molecule has 0 bridgehead atoms. The van der Waals surface area contributed by atoms with Crippen molar-refractivity contribution in [3.05, 3.63) is 23.5 Å². The number of hydrogen-bond donors (Lipinski definition) is 3. The van der Waals surface area contributed by atoms with Crippen LogP contribution in [0.25, 0.3) is 0 Å². The second kappa shape index (κ2) is 6.20. The number of aromatic carboxylic acids is 1. The summed E-state index contributed by atoms with van der Waals surface area (Å²) in [4.78, 5) is 10.9. The first-order valence-corrected chi connectivity index (χ1v) is 5.53. The summed E-state index contributed by atoms with van der Waals surface area (Å²) in [7, 11) is 1.58. The number of nitrogen functional groups attached to an aromatic ring is 1. The molecule has 6 heteroatoms. The highest BCUT2D eigenvalue weighted by Gasteiger charge is 2.14. The number of hydrogen-bond acceptors (Lipinski definition) is 4. The summed E-state index contributed by atoms with van der Waals surface area (Å²) in [5.74, 6) is -1.75. The van der Waals surface area contributed by atoms with E-state index in [2.05, 4.69) is 5.32 Å².